The van der Waals surface area contributed by atoms with Crippen LogP contribution in [0.1, 0.15) is 33.5 Å². The first-order chi connectivity index (χ1) is 12.1. The molecule has 1 aliphatic heterocycles. The van der Waals surface area contributed by atoms with Gasteiger partial charge < -0.3 is 14.6 Å². The third kappa shape index (κ3) is 2.87. The van der Waals surface area contributed by atoms with Crippen LogP contribution in [0, 0.1) is 6.92 Å². The lowest BCUT2D eigenvalue weighted by Crippen LogP contribution is -2.32. The average molecular weight is 354 g/mol. The van der Waals surface area contributed by atoms with Crippen molar-refractivity contribution in [1.82, 2.24) is 9.88 Å². The molecule has 0 fully saturated rings. The van der Waals surface area contributed by atoms with Gasteiger partial charge in [-0.15, -0.1) is 0 Å². The molecular weight excluding hydrogens is 338 g/mol. The summed E-state index contributed by atoms with van der Waals surface area (Å²) in [5, 5.41) is 3.96. The second-order valence-electron chi connectivity index (χ2n) is 5.98. The summed E-state index contributed by atoms with van der Waals surface area (Å²) < 4.78 is 5.41. The highest BCUT2D eigenvalue weighted by Gasteiger charge is 2.38. The lowest BCUT2D eigenvalue weighted by molar-refractivity contribution is 0.0714. The van der Waals surface area contributed by atoms with E-state index in [2.05, 4.69) is 10.3 Å². The first kappa shape index (κ1) is 15.7. The molecule has 5 nitrogen and oxygen atoms in total. The van der Waals surface area contributed by atoms with Crippen molar-refractivity contribution in [3.05, 3.63) is 82.5 Å². The largest absolute Gasteiger partial charge is 0.467 e. The number of carbonyl (C=O) groups is 1. The van der Waals surface area contributed by atoms with Crippen molar-refractivity contribution in [3.63, 3.8) is 0 Å². The molecule has 4 rings (SSSR count). The Morgan fingerprint density at radius 3 is 2.92 bits per heavy atom. The van der Waals surface area contributed by atoms with Gasteiger partial charge >= 0.3 is 0 Å². The van der Waals surface area contributed by atoms with E-state index in [1.807, 2.05) is 31.2 Å². The van der Waals surface area contributed by atoms with E-state index in [1.54, 1.807) is 35.6 Å². The van der Waals surface area contributed by atoms with Crippen LogP contribution in [0.4, 0.5) is 5.69 Å². The molecule has 3 heterocycles. The number of nitrogens with zero attached hydrogens (tertiary/aromatic N) is 2. The predicted octanol–water partition coefficient (Wildman–Crippen LogP) is 4.40. The highest BCUT2D eigenvalue weighted by molar-refractivity contribution is 6.33. The van der Waals surface area contributed by atoms with Crippen LogP contribution in [0.5, 0.6) is 0 Å². The molecule has 1 unspecified atom stereocenters. The Kier molecular flexibility index (Phi) is 3.93. The van der Waals surface area contributed by atoms with Crippen molar-refractivity contribution >= 4 is 23.2 Å². The van der Waals surface area contributed by atoms with Crippen molar-refractivity contribution in [2.75, 3.05) is 5.32 Å². The molecule has 3 aromatic rings. The summed E-state index contributed by atoms with van der Waals surface area (Å²) in [5.74, 6) is 0.628. The molecular formula is C19H16ClN3O2. The van der Waals surface area contributed by atoms with Gasteiger partial charge in [0, 0.05) is 6.20 Å². The lowest BCUT2D eigenvalue weighted by Gasteiger charge is -2.26. The molecule has 1 aliphatic rings. The number of benzene rings is 1. The van der Waals surface area contributed by atoms with Crippen LogP contribution in [-0.2, 0) is 6.54 Å². The monoisotopic (exact) mass is 353 g/mol. The summed E-state index contributed by atoms with van der Waals surface area (Å²) >= 11 is 6.36. The molecule has 0 bridgehead atoms. The Morgan fingerprint density at radius 2 is 2.16 bits per heavy atom. The summed E-state index contributed by atoms with van der Waals surface area (Å²) in [5.41, 5.74) is 3.11. The Bertz CT molecular complexity index is 924. The van der Waals surface area contributed by atoms with Crippen LogP contribution >= 0.6 is 11.6 Å². The maximum absolute atomic E-state index is 12.8. The van der Waals surface area contributed by atoms with Crippen molar-refractivity contribution in [3.8, 4) is 0 Å². The van der Waals surface area contributed by atoms with E-state index in [4.69, 9.17) is 16.0 Å². The van der Waals surface area contributed by atoms with Gasteiger partial charge in [0.1, 0.15) is 11.9 Å². The molecule has 1 atom stereocenters. The van der Waals surface area contributed by atoms with E-state index < -0.39 is 6.17 Å². The minimum Gasteiger partial charge on any atom is -0.467 e. The molecule has 0 radical (unpaired) electrons. The zero-order chi connectivity index (χ0) is 17.4. The lowest BCUT2D eigenvalue weighted by atomic mass is 10.2. The molecule has 0 aliphatic carbocycles. The summed E-state index contributed by atoms with van der Waals surface area (Å²) in [7, 11) is 0. The fraction of sp³-hybridized carbons (Fsp3) is 0.158. The fourth-order valence-electron chi connectivity index (χ4n) is 3.00. The summed E-state index contributed by atoms with van der Waals surface area (Å²) in [4.78, 5) is 19.0. The van der Waals surface area contributed by atoms with Gasteiger partial charge in [0.15, 0.2) is 0 Å². The summed E-state index contributed by atoms with van der Waals surface area (Å²) in [6.07, 6.45) is 2.88. The van der Waals surface area contributed by atoms with E-state index in [1.165, 1.54) is 0 Å². The summed E-state index contributed by atoms with van der Waals surface area (Å²) in [6.45, 7) is 2.33. The van der Waals surface area contributed by atoms with Crippen LogP contribution in [0.25, 0.3) is 0 Å². The van der Waals surface area contributed by atoms with E-state index >= 15 is 0 Å². The van der Waals surface area contributed by atoms with Crippen molar-refractivity contribution < 1.29 is 9.21 Å². The number of anilines is 1. The Balaban J connectivity index is 1.71. The molecule has 0 saturated heterocycles. The first-order valence-corrected chi connectivity index (χ1v) is 8.32. The maximum atomic E-state index is 12.8. The number of fused-ring (bicyclic) bond motifs is 1. The molecule has 6 heteroatoms. The quantitative estimate of drug-likeness (QED) is 0.755. The van der Waals surface area contributed by atoms with Crippen molar-refractivity contribution in [2.24, 2.45) is 0 Å². The Hall–Kier alpha value is -2.79. The van der Waals surface area contributed by atoms with Crippen molar-refractivity contribution in [1.29, 1.82) is 0 Å². The number of hydrogen-bond donors (Lipinski definition) is 1. The third-order valence-corrected chi connectivity index (χ3v) is 4.54. The minimum atomic E-state index is -0.408. The van der Waals surface area contributed by atoms with Crippen LogP contribution in [0.15, 0.2) is 59.3 Å². The molecule has 1 amide bonds. The van der Waals surface area contributed by atoms with E-state index in [0.29, 0.717) is 28.6 Å². The molecule has 0 spiro atoms. The predicted molar refractivity (Wildman–Crippen MR) is 95.4 cm³/mol. The van der Waals surface area contributed by atoms with Gasteiger partial charge in [-0.3, -0.25) is 9.78 Å². The number of nitrogens with one attached hydrogen (secondary N) is 1. The number of rotatable bonds is 4. The summed E-state index contributed by atoms with van der Waals surface area (Å²) in [6, 6.07) is 13.0. The Labute approximate surface area is 150 Å². The van der Waals surface area contributed by atoms with Gasteiger partial charge in [0.25, 0.3) is 5.91 Å². The van der Waals surface area contributed by atoms with Crippen LogP contribution in [0.2, 0.25) is 5.02 Å². The van der Waals surface area contributed by atoms with E-state index in [-0.39, 0.29) is 5.91 Å². The molecule has 0 saturated carbocycles. The number of halogens is 1. The zero-order valence-electron chi connectivity index (χ0n) is 13.6. The van der Waals surface area contributed by atoms with Gasteiger partial charge in [-0.25, -0.2) is 0 Å². The minimum absolute atomic E-state index is 0.0831. The molecule has 1 aromatic carbocycles. The van der Waals surface area contributed by atoms with Crippen LogP contribution in [-0.4, -0.2) is 15.8 Å². The van der Waals surface area contributed by atoms with Gasteiger partial charge in [0.05, 0.1) is 34.8 Å². The third-order valence-electron chi connectivity index (χ3n) is 4.22. The SMILES string of the molecule is Cc1ccc(NC2c3ncccc3C(=O)N2Cc2ccco2)c(Cl)c1. The molecule has 2 aromatic heterocycles. The molecule has 126 valence electrons. The number of carbonyl (C=O) groups excluding carboxylic acids is 1. The Morgan fingerprint density at radius 1 is 1.28 bits per heavy atom. The normalized spacial score (nSPS) is 16.2. The van der Waals surface area contributed by atoms with Crippen molar-refractivity contribution in [2.45, 2.75) is 19.6 Å². The number of amides is 1. The second-order valence-corrected chi connectivity index (χ2v) is 6.39. The number of aromatic nitrogens is 1. The van der Waals surface area contributed by atoms with Gasteiger partial charge in [-0.2, -0.15) is 0 Å². The first-order valence-electron chi connectivity index (χ1n) is 7.94. The fourth-order valence-corrected chi connectivity index (χ4v) is 3.29. The molecule has 1 N–H and O–H groups in total. The van der Waals surface area contributed by atoms with Crippen LogP contribution in [0.3, 0.4) is 0 Å². The van der Waals surface area contributed by atoms with Gasteiger partial charge in [0.2, 0.25) is 0 Å². The molecule has 25 heavy (non-hydrogen) atoms. The number of pyridine rings is 1. The van der Waals surface area contributed by atoms with Gasteiger partial charge in [-0.1, -0.05) is 17.7 Å². The highest BCUT2D eigenvalue weighted by Crippen LogP contribution is 2.36. The highest BCUT2D eigenvalue weighted by atomic mass is 35.5. The maximum Gasteiger partial charge on any atom is 0.258 e. The number of furan rings is 1. The standard InChI is InChI=1S/C19H16ClN3O2/c1-12-6-7-16(15(20)10-12)22-18-17-14(5-2-8-21-17)19(24)23(18)11-13-4-3-9-25-13/h2-10,18,22H,11H2,1H3. The topological polar surface area (TPSA) is 58.4 Å². The van der Waals surface area contributed by atoms with E-state index in [9.17, 15) is 4.79 Å². The second kappa shape index (κ2) is 6.26. The van der Waals surface area contributed by atoms with E-state index in [0.717, 1.165) is 11.3 Å². The number of hydrogen-bond acceptors (Lipinski definition) is 4. The smallest absolute Gasteiger partial charge is 0.258 e. The van der Waals surface area contributed by atoms with Gasteiger partial charge in [-0.05, 0) is 48.9 Å². The zero-order valence-corrected chi connectivity index (χ0v) is 14.3. The number of aryl methyl sites for hydroxylation is 1. The van der Waals surface area contributed by atoms with Crippen LogP contribution < -0.4 is 5.32 Å². The average Bonchev–Trinajstić information content (AvgIpc) is 3.20.